The number of carbonyl (C=O) groups is 2. The van der Waals surface area contributed by atoms with Gasteiger partial charge in [-0.25, -0.2) is 9.78 Å². The quantitative estimate of drug-likeness (QED) is 0.712. The van der Waals surface area contributed by atoms with Crippen LogP contribution in [0.15, 0.2) is 30.4 Å². The van der Waals surface area contributed by atoms with E-state index in [9.17, 15) is 9.59 Å². The van der Waals surface area contributed by atoms with Crippen molar-refractivity contribution in [3.8, 4) is 0 Å². The smallest absolute Gasteiger partial charge is 0.407 e. The normalized spacial score (nSPS) is 11.8. The van der Waals surface area contributed by atoms with Gasteiger partial charge in [-0.05, 0) is 39.0 Å². The van der Waals surface area contributed by atoms with E-state index in [-0.39, 0.29) is 0 Å². The van der Waals surface area contributed by atoms with Crippen molar-refractivity contribution in [2.24, 2.45) is 5.73 Å². The Kier molecular flexibility index (Phi) is 5.31. The van der Waals surface area contributed by atoms with Crippen LogP contribution in [-0.4, -0.2) is 33.7 Å². The number of nitrogens with one attached hydrogen (secondary N) is 1. The number of imidazole rings is 1. The highest BCUT2D eigenvalue weighted by atomic mass is 16.6. The lowest BCUT2D eigenvalue weighted by Gasteiger charge is -2.19. The average molecular weight is 345 g/mol. The van der Waals surface area contributed by atoms with Gasteiger partial charge in [0.2, 0.25) is 11.9 Å². The topological polar surface area (TPSA) is 125 Å². The van der Waals surface area contributed by atoms with Gasteiger partial charge in [0.05, 0.1) is 11.0 Å². The number of hydrogen-bond donors (Lipinski definition) is 3. The fraction of sp³-hybridized carbons (Fsp3) is 0.353. The number of hydrogen-bond acceptors (Lipinski definition) is 5. The third kappa shape index (κ3) is 4.97. The predicted molar refractivity (Wildman–Crippen MR) is 96.0 cm³/mol. The number of alkyl carbamates (subject to hydrolysis) is 1. The number of amides is 2. The molecule has 0 saturated heterocycles. The Morgan fingerprint density at radius 2 is 2.04 bits per heavy atom. The molecule has 2 rings (SSSR count). The van der Waals surface area contributed by atoms with Gasteiger partial charge < -0.3 is 26.1 Å². The number of primary amides is 1. The van der Waals surface area contributed by atoms with E-state index in [2.05, 4.69) is 10.3 Å². The first kappa shape index (κ1) is 18.3. The van der Waals surface area contributed by atoms with E-state index in [1.165, 1.54) is 0 Å². The van der Waals surface area contributed by atoms with Crippen molar-refractivity contribution < 1.29 is 14.3 Å². The van der Waals surface area contributed by atoms with Gasteiger partial charge in [-0.1, -0.05) is 12.2 Å². The number of allylic oxidation sites excluding steroid dienone is 1. The van der Waals surface area contributed by atoms with Crippen LogP contribution < -0.4 is 16.8 Å². The van der Waals surface area contributed by atoms with Crippen molar-refractivity contribution in [2.45, 2.75) is 32.9 Å². The van der Waals surface area contributed by atoms with Gasteiger partial charge in [0.1, 0.15) is 5.60 Å². The second kappa shape index (κ2) is 7.25. The lowest BCUT2D eigenvalue weighted by molar-refractivity contribution is 0.0534. The van der Waals surface area contributed by atoms with E-state index >= 15 is 0 Å². The largest absolute Gasteiger partial charge is 0.444 e. The van der Waals surface area contributed by atoms with Crippen LogP contribution in [0.4, 0.5) is 10.7 Å². The summed E-state index contributed by atoms with van der Waals surface area (Å²) >= 11 is 0. The maximum absolute atomic E-state index is 11.5. The summed E-state index contributed by atoms with van der Waals surface area (Å²) in [6, 6.07) is 5.00. The van der Waals surface area contributed by atoms with E-state index in [1.807, 2.05) is 6.08 Å². The minimum atomic E-state index is -0.526. The number of anilines is 1. The molecule has 0 radical (unpaired) electrons. The van der Waals surface area contributed by atoms with E-state index in [0.29, 0.717) is 30.1 Å². The van der Waals surface area contributed by atoms with Crippen molar-refractivity contribution in [1.82, 2.24) is 14.9 Å². The van der Waals surface area contributed by atoms with E-state index in [0.717, 1.165) is 5.52 Å². The second-order valence-corrected chi connectivity index (χ2v) is 6.50. The van der Waals surface area contributed by atoms with Crippen LogP contribution in [-0.2, 0) is 11.3 Å². The van der Waals surface area contributed by atoms with Gasteiger partial charge in [0.25, 0.3) is 0 Å². The number of carbonyl (C=O) groups excluding carboxylic acids is 2. The number of nitrogens with two attached hydrogens (primary N) is 2. The van der Waals surface area contributed by atoms with Crippen LogP contribution in [0.3, 0.4) is 0 Å². The molecule has 0 unspecified atom stereocenters. The zero-order chi connectivity index (χ0) is 18.6. The molecule has 1 aromatic carbocycles. The highest BCUT2D eigenvalue weighted by Crippen LogP contribution is 2.19. The van der Waals surface area contributed by atoms with Crippen molar-refractivity contribution in [2.75, 3.05) is 12.3 Å². The Hall–Kier alpha value is -3.03. The monoisotopic (exact) mass is 345 g/mol. The second-order valence-electron chi connectivity index (χ2n) is 6.50. The van der Waals surface area contributed by atoms with Crippen molar-refractivity contribution >= 4 is 29.0 Å². The number of nitrogen functional groups attached to an aromatic ring is 1. The van der Waals surface area contributed by atoms with E-state index in [1.54, 1.807) is 49.6 Å². The minimum Gasteiger partial charge on any atom is -0.444 e. The maximum Gasteiger partial charge on any atom is 0.407 e. The van der Waals surface area contributed by atoms with E-state index in [4.69, 9.17) is 16.2 Å². The summed E-state index contributed by atoms with van der Waals surface area (Å²) in [6.07, 6.45) is 3.19. The summed E-state index contributed by atoms with van der Waals surface area (Å²) < 4.78 is 6.94. The van der Waals surface area contributed by atoms with Gasteiger partial charge in [-0.2, -0.15) is 0 Å². The standard InChI is InChI=1S/C17H23N5O3/c1-17(2,3)25-16(24)20-8-4-5-9-22-13-7-6-11(14(18)23)10-12(13)21-15(22)19/h4-7,10H,8-9H2,1-3H3,(H2,18,23)(H2,19,21)(H,20,24). The molecule has 8 heteroatoms. The number of nitrogens with zero attached hydrogens (tertiary/aromatic N) is 2. The molecule has 2 aromatic rings. The van der Waals surface area contributed by atoms with Crippen LogP contribution in [0.2, 0.25) is 0 Å². The van der Waals surface area contributed by atoms with Crippen molar-refractivity contribution in [1.29, 1.82) is 0 Å². The summed E-state index contributed by atoms with van der Waals surface area (Å²) in [5.74, 6) is -0.176. The number of benzene rings is 1. The number of fused-ring (bicyclic) bond motifs is 1. The number of aromatic nitrogens is 2. The summed E-state index contributed by atoms with van der Waals surface area (Å²) in [6.45, 7) is 6.23. The van der Waals surface area contributed by atoms with E-state index < -0.39 is 17.6 Å². The molecule has 5 N–H and O–H groups in total. The molecule has 0 spiro atoms. The molecule has 1 heterocycles. The SMILES string of the molecule is CC(C)(C)OC(=O)NCC=CCn1c(N)nc2cc(C(N)=O)ccc21. The molecule has 25 heavy (non-hydrogen) atoms. The average Bonchev–Trinajstić information content (AvgIpc) is 2.80. The Morgan fingerprint density at radius 1 is 1.32 bits per heavy atom. The molecule has 1 aromatic heterocycles. The first-order chi connectivity index (χ1) is 11.7. The molecule has 0 bridgehead atoms. The third-order valence-corrected chi connectivity index (χ3v) is 3.28. The summed E-state index contributed by atoms with van der Waals surface area (Å²) in [4.78, 5) is 27.0. The first-order valence-electron chi connectivity index (χ1n) is 7.85. The molecule has 0 saturated carbocycles. The molecule has 0 atom stereocenters. The van der Waals surface area contributed by atoms with Crippen LogP contribution >= 0.6 is 0 Å². The lowest BCUT2D eigenvalue weighted by atomic mass is 10.2. The molecule has 0 fully saturated rings. The Labute approximate surface area is 145 Å². The number of rotatable bonds is 5. The Bertz CT molecular complexity index is 818. The summed E-state index contributed by atoms with van der Waals surface area (Å²) in [5, 5.41) is 2.64. The van der Waals surface area contributed by atoms with Crippen molar-refractivity contribution in [3.05, 3.63) is 35.9 Å². The minimum absolute atomic E-state index is 0.335. The first-order valence-corrected chi connectivity index (χ1v) is 7.85. The number of ether oxygens (including phenoxy) is 1. The van der Waals surface area contributed by atoms with Crippen LogP contribution in [0.1, 0.15) is 31.1 Å². The molecule has 0 aliphatic heterocycles. The van der Waals surface area contributed by atoms with Crippen molar-refractivity contribution in [3.63, 3.8) is 0 Å². The maximum atomic E-state index is 11.5. The molecule has 2 amide bonds. The molecule has 134 valence electrons. The van der Waals surface area contributed by atoms with Crippen LogP contribution in [0.5, 0.6) is 0 Å². The zero-order valence-electron chi connectivity index (χ0n) is 14.6. The van der Waals surface area contributed by atoms with Gasteiger partial charge in [-0.3, -0.25) is 4.79 Å². The highest BCUT2D eigenvalue weighted by molar-refractivity contribution is 5.96. The highest BCUT2D eigenvalue weighted by Gasteiger charge is 2.15. The predicted octanol–water partition coefficient (Wildman–Crippen LogP) is 1.80. The van der Waals surface area contributed by atoms with Gasteiger partial charge in [-0.15, -0.1) is 0 Å². The third-order valence-electron chi connectivity index (χ3n) is 3.28. The fourth-order valence-electron chi connectivity index (χ4n) is 2.21. The van der Waals surface area contributed by atoms with Crippen LogP contribution in [0.25, 0.3) is 11.0 Å². The van der Waals surface area contributed by atoms with Gasteiger partial charge in [0.15, 0.2) is 0 Å². The van der Waals surface area contributed by atoms with Gasteiger partial charge >= 0.3 is 6.09 Å². The Balaban J connectivity index is 1.98. The molecule has 0 aliphatic carbocycles. The fourth-order valence-corrected chi connectivity index (χ4v) is 2.21. The molecular weight excluding hydrogens is 322 g/mol. The molecular formula is C17H23N5O3. The lowest BCUT2D eigenvalue weighted by Crippen LogP contribution is -2.32. The zero-order valence-corrected chi connectivity index (χ0v) is 14.6. The summed E-state index contributed by atoms with van der Waals surface area (Å²) in [7, 11) is 0. The summed E-state index contributed by atoms with van der Waals surface area (Å²) in [5.41, 5.74) is 12.5. The van der Waals surface area contributed by atoms with Gasteiger partial charge in [0, 0.05) is 18.7 Å². The molecule has 8 nitrogen and oxygen atoms in total. The molecule has 0 aliphatic rings. The van der Waals surface area contributed by atoms with Crippen LogP contribution in [0, 0.1) is 0 Å². The Morgan fingerprint density at radius 3 is 2.68 bits per heavy atom.